The number of pyridine rings is 1. The Morgan fingerprint density at radius 3 is 2.65 bits per heavy atom. The van der Waals surface area contributed by atoms with E-state index in [0.29, 0.717) is 12.0 Å². The highest BCUT2D eigenvalue weighted by Crippen LogP contribution is 2.27. The molecule has 6 nitrogen and oxygen atoms in total. The fourth-order valence-corrected chi connectivity index (χ4v) is 4.76. The Kier molecular flexibility index (Phi) is 7.95. The molecule has 0 spiro atoms. The first kappa shape index (κ1) is 24.8. The number of unbranched alkanes of at least 4 members (excludes halogenated alkanes) is 3. The van der Waals surface area contributed by atoms with Gasteiger partial charge in [0.2, 0.25) is 0 Å². The van der Waals surface area contributed by atoms with Crippen molar-refractivity contribution < 1.29 is 7.24 Å². The van der Waals surface area contributed by atoms with Gasteiger partial charge in [-0.3, -0.25) is 0 Å². The molecular formula is C30H37FN6. The van der Waals surface area contributed by atoms with Crippen LogP contribution in [0, 0.1) is 23.6 Å². The first-order valence-corrected chi connectivity index (χ1v) is 13.3. The van der Waals surface area contributed by atoms with Gasteiger partial charge in [0.1, 0.15) is 5.82 Å². The van der Waals surface area contributed by atoms with Gasteiger partial charge in [0.15, 0.2) is 17.3 Å². The Balaban J connectivity index is 0.00000210. The zero-order valence-electron chi connectivity index (χ0n) is 21.3. The van der Waals surface area contributed by atoms with Crippen LogP contribution in [0.15, 0.2) is 60.9 Å². The molecule has 3 heterocycles. The first-order valence-electron chi connectivity index (χ1n) is 13.3. The number of nitrogens with one attached hydrogen (secondary N) is 2. The minimum Gasteiger partial charge on any atom is -0.366 e. The number of nitrogens with zero attached hydrogens (tertiary/aromatic N) is 4. The van der Waals surface area contributed by atoms with Crippen molar-refractivity contribution in [1.82, 2.24) is 19.6 Å². The largest absolute Gasteiger partial charge is 0.366 e. The zero-order chi connectivity index (χ0) is 25.5. The fraction of sp³-hybridized carbons (Fsp3) is 0.367. The van der Waals surface area contributed by atoms with Gasteiger partial charge in [-0.05, 0) is 68.5 Å². The lowest BCUT2D eigenvalue weighted by atomic mass is 9.86. The van der Waals surface area contributed by atoms with E-state index in [9.17, 15) is 4.39 Å². The smallest absolute Gasteiger partial charge is 0.166 e. The van der Waals surface area contributed by atoms with Crippen molar-refractivity contribution in [2.75, 3.05) is 10.6 Å². The van der Waals surface area contributed by atoms with E-state index in [2.05, 4.69) is 39.4 Å². The molecule has 37 heavy (non-hydrogen) atoms. The van der Waals surface area contributed by atoms with Crippen LogP contribution < -0.4 is 10.6 Å². The quantitative estimate of drug-likeness (QED) is 0.191. The van der Waals surface area contributed by atoms with Gasteiger partial charge in [0.25, 0.3) is 0 Å². The lowest BCUT2D eigenvalue weighted by molar-refractivity contribution is 0.399. The van der Waals surface area contributed by atoms with Crippen molar-refractivity contribution in [3.63, 3.8) is 0 Å². The number of imidazole rings is 1. The molecule has 0 bridgehead atoms. The molecule has 1 aliphatic carbocycles. The average molecular weight is 501 g/mol. The summed E-state index contributed by atoms with van der Waals surface area (Å²) in [5.74, 6) is 8.09. The van der Waals surface area contributed by atoms with Crippen molar-refractivity contribution in [2.24, 2.45) is 5.92 Å². The maximum Gasteiger partial charge on any atom is 0.166 e. The van der Waals surface area contributed by atoms with Gasteiger partial charge in [-0.2, -0.15) is 0 Å². The van der Waals surface area contributed by atoms with Crippen LogP contribution in [0.2, 0.25) is 0 Å². The van der Waals surface area contributed by atoms with Crippen LogP contribution >= 0.6 is 0 Å². The molecule has 3 aromatic heterocycles. The monoisotopic (exact) mass is 500 g/mol. The molecule has 0 saturated heterocycles. The summed E-state index contributed by atoms with van der Waals surface area (Å²) in [4.78, 5) is 8.57. The van der Waals surface area contributed by atoms with E-state index in [1.54, 1.807) is 12.3 Å². The van der Waals surface area contributed by atoms with Crippen LogP contribution in [0.4, 0.5) is 21.7 Å². The molecule has 1 aliphatic rings. The minimum absolute atomic E-state index is 0. The number of benzene rings is 1. The molecule has 5 rings (SSSR count). The van der Waals surface area contributed by atoms with Crippen LogP contribution in [0.25, 0.3) is 16.9 Å². The summed E-state index contributed by atoms with van der Waals surface area (Å²) in [6.45, 7) is 2.23. The van der Waals surface area contributed by atoms with Crippen molar-refractivity contribution in [3.05, 3.63) is 66.7 Å². The van der Waals surface area contributed by atoms with Gasteiger partial charge in [-0.1, -0.05) is 37.8 Å². The van der Waals surface area contributed by atoms with Crippen LogP contribution in [0.1, 0.15) is 61.1 Å². The Bertz CT molecular complexity index is 1390. The normalized spacial score (nSPS) is 17.2. The summed E-state index contributed by atoms with van der Waals surface area (Å²) in [6.07, 6.45) is 12.7. The van der Waals surface area contributed by atoms with Crippen LogP contribution in [-0.4, -0.2) is 25.6 Å². The van der Waals surface area contributed by atoms with Crippen LogP contribution in [0.5, 0.6) is 0 Å². The molecule has 0 aliphatic heterocycles. The fourth-order valence-electron chi connectivity index (χ4n) is 4.76. The zero-order valence-corrected chi connectivity index (χ0v) is 21.3. The molecule has 2 N–H and O–H groups in total. The van der Waals surface area contributed by atoms with Crippen molar-refractivity contribution >= 4 is 23.0 Å². The Morgan fingerprint density at radius 2 is 1.86 bits per heavy atom. The van der Waals surface area contributed by atoms with E-state index >= 15 is 0 Å². The summed E-state index contributed by atoms with van der Waals surface area (Å²) < 4.78 is 15.8. The molecule has 194 valence electrons. The van der Waals surface area contributed by atoms with Gasteiger partial charge in [-0.15, -0.1) is 11.0 Å². The summed E-state index contributed by atoms with van der Waals surface area (Å²) in [7, 11) is 0. The highest BCUT2D eigenvalue weighted by Gasteiger charge is 2.20. The average Bonchev–Trinajstić information content (AvgIpc) is 3.35. The third-order valence-electron chi connectivity index (χ3n) is 6.85. The first-order chi connectivity index (χ1) is 18.2. The molecule has 1 saturated carbocycles. The van der Waals surface area contributed by atoms with E-state index in [0.717, 1.165) is 60.5 Å². The molecule has 0 radical (unpaired) electrons. The molecule has 0 atom stereocenters. The van der Waals surface area contributed by atoms with E-state index in [4.69, 9.17) is 5.10 Å². The molecule has 1 fully saturated rings. The number of rotatable bonds is 8. The number of hydrogen-bond donors (Lipinski definition) is 2. The Labute approximate surface area is 220 Å². The highest BCUT2D eigenvalue weighted by atomic mass is 19.1. The predicted octanol–water partition coefficient (Wildman–Crippen LogP) is 7.72. The third kappa shape index (κ3) is 6.26. The maximum atomic E-state index is 13.9. The standard InChI is InChI=1S/C30H33FN6.2H2/c1-2-3-4-5-6-8-22-10-14-24(15-11-22)34-28-18-19-29-33-21-27(37(29)36-28)23-12-16-25(17-13-23)35-30-26(31)9-7-20-32-30;;/h7,9,12-13,16-22,24H,2-5,10-11,14-15H2,1H3,(H,32,35)(H,34,36);2*1H. The molecule has 0 unspecified atom stereocenters. The third-order valence-corrected chi connectivity index (χ3v) is 6.85. The lowest BCUT2D eigenvalue weighted by Gasteiger charge is -2.26. The van der Waals surface area contributed by atoms with Crippen molar-refractivity contribution in [3.8, 4) is 23.1 Å². The van der Waals surface area contributed by atoms with Gasteiger partial charge in [0, 0.05) is 38.7 Å². The maximum absolute atomic E-state index is 13.9. The Hall–Kier alpha value is -3.92. The number of fused-ring (bicyclic) bond motifs is 1. The predicted molar refractivity (Wildman–Crippen MR) is 151 cm³/mol. The summed E-state index contributed by atoms with van der Waals surface area (Å²) in [6, 6.07) is 15.1. The van der Waals surface area contributed by atoms with E-state index in [-0.39, 0.29) is 14.5 Å². The number of halogens is 1. The summed E-state index contributed by atoms with van der Waals surface area (Å²) in [5, 5.41) is 11.5. The number of hydrogen-bond acceptors (Lipinski definition) is 5. The Morgan fingerprint density at radius 1 is 1.03 bits per heavy atom. The molecular weight excluding hydrogens is 463 g/mol. The topological polar surface area (TPSA) is 67.1 Å². The second-order valence-electron chi connectivity index (χ2n) is 9.64. The second kappa shape index (κ2) is 11.9. The van der Waals surface area contributed by atoms with Crippen molar-refractivity contribution in [2.45, 2.75) is 64.3 Å². The number of aromatic nitrogens is 4. The van der Waals surface area contributed by atoms with Crippen LogP contribution in [-0.2, 0) is 0 Å². The summed E-state index contributed by atoms with van der Waals surface area (Å²) >= 11 is 0. The van der Waals surface area contributed by atoms with E-state index < -0.39 is 0 Å². The van der Waals surface area contributed by atoms with Crippen LogP contribution in [0.3, 0.4) is 0 Å². The van der Waals surface area contributed by atoms with Gasteiger partial charge in [0.05, 0.1) is 11.9 Å². The molecule has 0 amide bonds. The molecule has 4 aromatic rings. The molecule has 7 heteroatoms. The second-order valence-corrected chi connectivity index (χ2v) is 9.64. The highest BCUT2D eigenvalue weighted by molar-refractivity contribution is 5.67. The number of anilines is 3. The van der Waals surface area contributed by atoms with Gasteiger partial charge < -0.3 is 10.6 Å². The van der Waals surface area contributed by atoms with Gasteiger partial charge >= 0.3 is 0 Å². The minimum atomic E-state index is -0.388. The van der Waals surface area contributed by atoms with Gasteiger partial charge in [-0.25, -0.2) is 18.9 Å². The van der Waals surface area contributed by atoms with Crippen molar-refractivity contribution in [1.29, 1.82) is 0 Å². The lowest BCUT2D eigenvalue weighted by Crippen LogP contribution is -2.26. The summed E-state index contributed by atoms with van der Waals surface area (Å²) in [5.41, 5.74) is 3.42. The van der Waals surface area contributed by atoms with E-state index in [1.807, 2.05) is 47.1 Å². The molecule has 1 aromatic carbocycles. The van der Waals surface area contributed by atoms with E-state index in [1.165, 1.54) is 25.3 Å². The SMILES string of the molecule is CCCCCC#CC1CCC(Nc2ccc3ncc(-c4ccc(Nc5ncccc5F)cc4)n3n2)CC1.[HH].[HH].